The quantitative estimate of drug-likeness (QED) is 0.642. The maximum atomic E-state index is 11.4. The van der Waals surface area contributed by atoms with Gasteiger partial charge < -0.3 is 29.9 Å². The molecule has 8 heteroatoms. The second-order valence-electron chi connectivity index (χ2n) is 3.97. The fourth-order valence-electron chi connectivity index (χ4n) is 1.99. The second kappa shape index (κ2) is 4.09. The zero-order valence-electron chi connectivity index (χ0n) is 9.37. The largest absolute Gasteiger partial charge is 0.391 e. The molecule has 0 amide bonds. The molecule has 2 atom stereocenters. The summed E-state index contributed by atoms with van der Waals surface area (Å²) < 4.78 is 12.3. The first-order valence-electron chi connectivity index (χ1n) is 5.42. The zero-order valence-corrected chi connectivity index (χ0v) is 9.37. The lowest BCUT2D eigenvalue weighted by Crippen LogP contribution is -2.15. The van der Waals surface area contributed by atoms with Crippen LogP contribution in [0, 0.1) is 0 Å². The van der Waals surface area contributed by atoms with E-state index < -0.39 is 12.5 Å². The van der Waals surface area contributed by atoms with E-state index in [1.54, 1.807) is 4.57 Å². The van der Waals surface area contributed by atoms with Gasteiger partial charge in [-0.3, -0.25) is 4.79 Å². The van der Waals surface area contributed by atoms with Gasteiger partial charge in [0.25, 0.3) is 5.56 Å². The average molecular weight is 252 g/mol. The van der Waals surface area contributed by atoms with E-state index in [1.807, 2.05) is 0 Å². The number of anilines is 1. The summed E-state index contributed by atoms with van der Waals surface area (Å²) in [5.41, 5.74) is 6.45. The maximum absolute atomic E-state index is 11.4. The van der Waals surface area contributed by atoms with Gasteiger partial charge in [0.05, 0.1) is 25.1 Å². The Morgan fingerprint density at radius 2 is 2.50 bits per heavy atom. The number of aliphatic hydroxyl groups excluding tert-OH is 1. The molecule has 1 saturated heterocycles. The SMILES string of the molecule is Nc1[nH]c(=O)cc2c1ncn2C1COC(CO)O1. The van der Waals surface area contributed by atoms with E-state index in [1.165, 1.54) is 12.4 Å². The summed E-state index contributed by atoms with van der Waals surface area (Å²) in [5, 5.41) is 8.93. The highest BCUT2D eigenvalue weighted by Crippen LogP contribution is 2.25. The van der Waals surface area contributed by atoms with Gasteiger partial charge in [-0.05, 0) is 0 Å². The van der Waals surface area contributed by atoms with Gasteiger partial charge in [-0.1, -0.05) is 0 Å². The van der Waals surface area contributed by atoms with E-state index >= 15 is 0 Å². The third-order valence-corrected chi connectivity index (χ3v) is 2.81. The van der Waals surface area contributed by atoms with Crippen molar-refractivity contribution in [3.05, 3.63) is 22.7 Å². The molecule has 1 aliphatic heterocycles. The summed E-state index contributed by atoms with van der Waals surface area (Å²) in [6.45, 7) is 0.0647. The number of nitrogens with two attached hydrogens (primary N) is 1. The van der Waals surface area contributed by atoms with Gasteiger partial charge in [-0.2, -0.15) is 0 Å². The molecule has 8 nitrogen and oxygen atoms in total. The molecular weight excluding hydrogens is 240 g/mol. The van der Waals surface area contributed by atoms with Crippen LogP contribution in [-0.4, -0.2) is 39.1 Å². The number of H-pyrrole nitrogens is 1. The highest BCUT2D eigenvalue weighted by Gasteiger charge is 2.28. The predicted molar refractivity (Wildman–Crippen MR) is 61.7 cm³/mol. The summed E-state index contributed by atoms with van der Waals surface area (Å²) in [6.07, 6.45) is 0.461. The molecular formula is C10H12N4O4. The van der Waals surface area contributed by atoms with E-state index in [0.717, 1.165) is 0 Å². The van der Waals surface area contributed by atoms with Crippen molar-refractivity contribution >= 4 is 16.9 Å². The van der Waals surface area contributed by atoms with E-state index in [-0.39, 0.29) is 24.6 Å². The van der Waals surface area contributed by atoms with Gasteiger partial charge in [-0.15, -0.1) is 0 Å². The van der Waals surface area contributed by atoms with Gasteiger partial charge in [0.2, 0.25) is 0 Å². The molecule has 2 aromatic heterocycles. The minimum absolute atomic E-state index is 0.216. The minimum Gasteiger partial charge on any atom is -0.391 e. The van der Waals surface area contributed by atoms with Crippen LogP contribution in [0.4, 0.5) is 5.82 Å². The van der Waals surface area contributed by atoms with Crippen molar-refractivity contribution in [1.29, 1.82) is 0 Å². The molecule has 0 spiro atoms. The van der Waals surface area contributed by atoms with Crippen molar-refractivity contribution in [2.45, 2.75) is 12.5 Å². The monoisotopic (exact) mass is 252 g/mol. The van der Waals surface area contributed by atoms with Gasteiger partial charge in [0.1, 0.15) is 11.3 Å². The number of imidazole rings is 1. The first-order valence-corrected chi connectivity index (χ1v) is 5.42. The molecule has 0 radical (unpaired) electrons. The first kappa shape index (κ1) is 11.2. The Bertz CT molecular complexity index is 634. The normalized spacial score (nSPS) is 23.8. The molecule has 96 valence electrons. The van der Waals surface area contributed by atoms with Gasteiger partial charge in [-0.25, -0.2) is 4.98 Å². The van der Waals surface area contributed by atoms with E-state index in [2.05, 4.69) is 9.97 Å². The number of aromatic nitrogens is 3. The van der Waals surface area contributed by atoms with Gasteiger partial charge in [0, 0.05) is 6.07 Å². The fraction of sp³-hybridized carbons (Fsp3) is 0.400. The number of aliphatic hydroxyl groups is 1. The Labute approximate surface area is 101 Å². The van der Waals surface area contributed by atoms with Crippen molar-refractivity contribution in [2.24, 2.45) is 0 Å². The summed E-state index contributed by atoms with van der Waals surface area (Å²) >= 11 is 0. The zero-order chi connectivity index (χ0) is 12.7. The van der Waals surface area contributed by atoms with Crippen molar-refractivity contribution in [3.8, 4) is 0 Å². The lowest BCUT2D eigenvalue weighted by Gasteiger charge is -2.11. The number of nitrogens with one attached hydrogen (secondary N) is 1. The van der Waals surface area contributed by atoms with Gasteiger partial charge in [0.15, 0.2) is 12.5 Å². The Kier molecular flexibility index (Phi) is 2.54. The molecule has 2 unspecified atom stereocenters. The van der Waals surface area contributed by atoms with Crippen molar-refractivity contribution < 1.29 is 14.6 Å². The third-order valence-electron chi connectivity index (χ3n) is 2.81. The minimum atomic E-state index is -0.646. The Morgan fingerprint density at radius 3 is 3.22 bits per heavy atom. The highest BCUT2D eigenvalue weighted by molar-refractivity contribution is 5.84. The summed E-state index contributed by atoms with van der Waals surface area (Å²) in [6, 6.07) is 1.40. The number of aromatic amines is 1. The van der Waals surface area contributed by atoms with E-state index in [0.29, 0.717) is 11.0 Å². The summed E-state index contributed by atoms with van der Waals surface area (Å²) in [7, 11) is 0. The molecule has 4 N–H and O–H groups in total. The average Bonchev–Trinajstić information content (AvgIpc) is 2.93. The molecule has 3 rings (SSSR count). The van der Waals surface area contributed by atoms with Crippen LogP contribution in [0.3, 0.4) is 0 Å². The Hall–Kier alpha value is -1.90. The number of nitrogens with zero attached hydrogens (tertiary/aromatic N) is 2. The second-order valence-corrected chi connectivity index (χ2v) is 3.97. The fourth-order valence-corrected chi connectivity index (χ4v) is 1.99. The molecule has 18 heavy (non-hydrogen) atoms. The molecule has 1 fully saturated rings. The first-order chi connectivity index (χ1) is 8.69. The van der Waals surface area contributed by atoms with Crippen LogP contribution in [0.1, 0.15) is 6.23 Å². The maximum Gasteiger partial charge on any atom is 0.251 e. The standard InChI is InChI=1S/C10H12N4O4/c11-10-9-5(1-6(16)13-10)14(4-12-9)7-3-17-8(2-15)18-7/h1,4,7-8,15H,2-3H2,(H3,11,13,16). The van der Waals surface area contributed by atoms with Crippen molar-refractivity contribution in [1.82, 2.24) is 14.5 Å². The molecule has 0 bridgehead atoms. The van der Waals surface area contributed by atoms with Crippen LogP contribution in [0.25, 0.3) is 11.0 Å². The predicted octanol–water partition coefficient (Wildman–Crippen LogP) is -0.829. The number of ether oxygens (including phenoxy) is 2. The smallest absolute Gasteiger partial charge is 0.251 e. The third kappa shape index (κ3) is 1.67. The van der Waals surface area contributed by atoms with Crippen molar-refractivity contribution in [3.63, 3.8) is 0 Å². The van der Waals surface area contributed by atoms with Crippen LogP contribution < -0.4 is 11.3 Å². The van der Waals surface area contributed by atoms with Crippen LogP contribution in [0.2, 0.25) is 0 Å². The summed E-state index contributed by atoms with van der Waals surface area (Å²) in [5.74, 6) is 0.217. The summed E-state index contributed by atoms with van der Waals surface area (Å²) in [4.78, 5) is 18.0. The van der Waals surface area contributed by atoms with E-state index in [4.69, 9.17) is 20.3 Å². The Morgan fingerprint density at radius 1 is 1.67 bits per heavy atom. The molecule has 3 heterocycles. The molecule has 0 saturated carbocycles. The number of rotatable bonds is 2. The Balaban J connectivity index is 2.05. The number of hydrogen-bond donors (Lipinski definition) is 3. The number of nitrogen functional groups attached to an aromatic ring is 1. The van der Waals surface area contributed by atoms with Crippen LogP contribution in [0.15, 0.2) is 17.2 Å². The van der Waals surface area contributed by atoms with Gasteiger partial charge >= 0.3 is 0 Å². The molecule has 2 aromatic rings. The number of fused-ring (bicyclic) bond motifs is 1. The molecule has 1 aliphatic rings. The lowest BCUT2D eigenvalue weighted by molar-refractivity contribution is -0.0979. The van der Waals surface area contributed by atoms with Crippen LogP contribution in [-0.2, 0) is 9.47 Å². The van der Waals surface area contributed by atoms with Crippen LogP contribution >= 0.6 is 0 Å². The topological polar surface area (TPSA) is 115 Å². The molecule has 0 aliphatic carbocycles. The number of pyridine rings is 1. The van der Waals surface area contributed by atoms with E-state index in [9.17, 15) is 4.79 Å². The van der Waals surface area contributed by atoms with Crippen molar-refractivity contribution in [2.75, 3.05) is 18.9 Å². The molecule has 0 aromatic carbocycles. The lowest BCUT2D eigenvalue weighted by atomic mass is 10.3. The van der Waals surface area contributed by atoms with Crippen LogP contribution in [0.5, 0.6) is 0 Å². The highest BCUT2D eigenvalue weighted by atomic mass is 16.7. The number of hydrogen-bond acceptors (Lipinski definition) is 6.